The molecule has 0 atom stereocenters. The molecule has 2 amide bonds. The van der Waals surface area contributed by atoms with Gasteiger partial charge in [0.05, 0.1) is 29.3 Å². The van der Waals surface area contributed by atoms with Gasteiger partial charge in [0.25, 0.3) is 5.91 Å². The second-order valence-electron chi connectivity index (χ2n) is 7.93. The summed E-state index contributed by atoms with van der Waals surface area (Å²) >= 11 is 0. The summed E-state index contributed by atoms with van der Waals surface area (Å²) in [6.45, 7) is 4.01. The van der Waals surface area contributed by atoms with Crippen LogP contribution < -0.4 is 15.5 Å². The lowest BCUT2D eigenvalue weighted by Crippen LogP contribution is -2.54. The molecule has 9 heteroatoms. The van der Waals surface area contributed by atoms with E-state index < -0.39 is 28.7 Å². The molecule has 2 N–H and O–H groups in total. The molecule has 164 valence electrons. The zero-order valence-electron chi connectivity index (χ0n) is 16.9. The Kier molecular flexibility index (Phi) is 4.96. The number of hydrogen-bond donors (Lipinski definition) is 1. The molecule has 2 aromatic carbocycles. The maximum atomic E-state index is 13.5. The van der Waals surface area contributed by atoms with Crippen LogP contribution in [0.2, 0.25) is 0 Å². The SMILES string of the molecule is C=C1N(c2ccc(C#N)c(C(F)(F)F)c2)C(=O)C2(CCC2)N1c1ccc(CC(N)=O)cc1. The Morgan fingerprint density at radius 1 is 1.16 bits per heavy atom. The van der Waals surface area contributed by atoms with Crippen molar-refractivity contribution in [2.24, 2.45) is 5.73 Å². The lowest BCUT2D eigenvalue weighted by atomic mass is 9.75. The van der Waals surface area contributed by atoms with Gasteiger partial charge in [-0.1, -0.05) is 18.7 Å². The van der Waals surface area contributed by atoms with Crippen LogP contribution in [0.1, 0.15) is 36.0 Å². The molecule has 1 spiro atoms. The molecule has 4 rings (SSSR count). The highest BCUT2D eigenvalue weighted by Gasteiger charge is 2.58. The summed E-state index contributed by atoms with van der Waals surface area (Å²) in [5, 5.41) is 9.05. The van der Waals surface area contributed by atoms with Crippen molar-refractivity contribution < 1.29 is 22.8 Å². The standard InChI is InChI=1S/C23H19F3N4O2/c1-14-29(18-8-5-16(13-27)19(12-18)23(24,25)26)21(32)22(9-2-10-22)30(14)17-6-3-15(4-7-17)11-20(28)31/h3-8,12H,1-2,9-11H2,(H2,28,31). The second kappa shape index (κ2) is 7.41. The maximum Gasteiger partial charge on any atom is 0.417 e. The number of rotatable bonds is 4. The van der Waals surface area contributed by atoms with Crippen molar-refractivity contribution in [2.45, 2.75) is 37.4 Å². The van der Waals surface area contributed by atoms with Gasteiger partial charge in [-0.2, -0.15) is 18.4 Å². The zero-order valence-corrected chi connectivity index (χ0v) is 16.9. The molecular formula is C23H19F3N4O2. The summed E-state index contributed by atoms with van der Waals surface area (Å²) in [4.78, 5) is 27.5. The number of carbonyl (C=O) groups excluding carboxylic acids is 2. The van der Waals surface area contributed by atoms with Crippen LogP contribution in [-0.2, 0) is 22.2 Å². The highest BCUT2D eigenvalue weighted by atomic mass is 19.4. The highest BCUT2D eigenvalue weighted by molar-refractivity contribution is 6.11. The quantitative estimate of drug-likeness (QED) is 0.782. The summed E-state index contributed by atoms with van der Waals surface area (Å²) < 4.78 is 40.4. The van der Waals surface area contributed by atoms with Gasteiger partial charge in [-0.05, 0) is 55.2 Å². The molecule has 0 bridgehead atoms. The number of nitriles is 1. The summed E-state index contributed by atoms with van der Waals surface area (Å²) in [5.74, 6) is -0.593. The third kappa shape index (κ3) is 3.28. The number of carbonyl (C=O) groups is 2. The van der Waals surface area contributed by atoms with Crippen LogP contribution in [0.5, 0.6) is 0 Å². The van der Waals surface area contributed by atoms with Crippen LogP contribution >= 0.6 is 0 Å². The van der Waals surface area contributed by atoms with E-state index in [2.05, 4.69) is 6.58 Å². The van der Waals surface area contributed by atoms with E-state index in [1.54, 1.807) is 35.2 Å². The molecule has 0 aromatic heterocycles. The maximum absolute atomic E-state index is 13.5. The number of amides is 2. The topological polar surface area (TPSA) is 90.4 Å². The number of nitrogens with zero attached hydrogens (tertiary/aromatic N) is 3. The summed E-state index contributed by atoms with van der Waals surface area (Å²) in [6, 6.07) is 11.7. The molecule has 2 aromatic rings. The van der Waals surface area contributed by atoms with Crippen molar-refractivity contribution >= 4 is 23.2 Å². The van der Waals surface area contributed by atoms with E-state index in [9.17, 15) is 22.8 Å². The first kappa shape index (κ1) is 21.4. The minimum absolute atomic E-state index is 0.00504. The average molecular weight is 440 g/mol. The van der Waals surface area contributed by atoms with Crippen LogP contribution in [0, 0.1) is 11.3 Å². The van der Waals surface area contributed by atoms with Crippen LogP contribution in [0.25, 0.3) is 0 Å². The number of nitrogens with two attached hydrogens (primary N) is 1. The lowest BCUT2D eigenvalue weighted by molar-refractivity contribution is -0.137. The number of benzene rings is 2. The molecule has 0 unspecified atom stereocenters. The van der Waals surface area contributed by atoms with Crippen molar-refractivity contribution in [3.05, 3.63) is 71.6 Å². The van der Waals surface area contributed by atoms with Gasteiger partial charge in [0.1, 0.15) is 11.4 Å². The van der Waals surface area contributed by atoms with E-state index in [4.69, 9.17) is 11.0 Å². The number of anilines is 2. The van der Waals surface area contributed by atoms with Crippen LogP contribution in [-0.4, -0.2) is 17.4 Å². The largest absolute Gasteiger partial charge is 0.417 e. The molecule has 1 heterocycles. The molecule has 0 radical (unpaired) electrons. The number of primary amides is 1. The number of hydrogen-bond acceptors (Lipinski definition) is 4. The van der Waals surface area contributed by atoms with Gasteiger partial charge in [0.15, 0.2) is 0 Å². The Balaban J connectivity index is 1.76. The van der Waals surface area contributed by atoms with Crippen molar-refractivity contribution in [1.29, 1.82) is 5.26 Å². The molecule has 1 aliphatic carbocycles. The van der Waals surface area contributed by atoms with E-state index >= 15 is 0 Å². The smallest absolute Gasteiger partial charge is 0.369 e. The predicted molar refractivity (Wildman–Crippen MR) is 111 cm³/mol. The summed E-state index contributed by atoms with van der Waals surface area (Å²) in [6.07, 6.45) is -2.80. The van der Waals surface area contributed by atoms with Crippen LogP contribution in [0.4, 0.5) is 24.5 Å². The third-order valence-electron chi connectivity index (χ3n) is 5.99. The summed E-state index contributed by atoms with van der Waals surface area (Å²) in [7, 11) is 0. The molecule has 1 aliphatic heterocycles. The number of alkyl halides is 3. The van der Waals surface area contributed by atoms with Gasteiger partial charge in [0, 0.05) is 5.69 Å². The van der Waals surface area contributed by atoms with Gasteiger partial charge in [0.2, 0.25) is 5.91 Å². The van der Waals surface area contributed by atoms with Crippen LogP contribution in [0.3, 0.4) is 0 Å². The first-order valence-corrected chi connectivity index (χ1v) is 9.91. The molecule has 2 fully saturated rings. The minimum Gasteiger partial charge on any atom is -0.369 e. The van der Waals surface area contributed by atoms with Crippen molar-refractivity contribution in [2.75, 3.05) is 9.80 Å². The molecule has 6 nitrogen and oxygen atoms in total. The first-order chi connectivity index (χ1) is 15.1. The monoisotopic (exact) mass is 440 g/mol. The van der Waals surface area contributed by atoms with Gasteiger partial charge >= 0.3 is 6.18 Å². The molecule has 32 heavy (non-hydrogen) atoms. The molecule has 2 aliphatic rings. The molecule has 1 saturated heterocycles. The van der Waals surface area contributed by atoms with Gasteiger partial charge in [-0.25, -0.2) is 0 Å². The van der Waals surface area contributed by atoms with Crippen molar-refractivity contribution in [1.82, 2.24) is 0 Å². The predicted octanol–water partition coefficient (Wildman–Crippen LogP) is 3.85. The third-order valence-corrected chi connectivity index (χ3v) is 5.99. The van der Waals surface area contributed by atoms with Crippen LogP contribution in [0.15, 0.2) is 54.9 Å². The Morgan fingerprint density at radius 3 is 2.28 bits per heavy atom. The Bertz CT molecular complexity index is 1160. The van der Waals surface area contributed by atoms with Gasteiger partial charge < -0.3 is 10.6 Å². The fourth-order valence-electron chi connectivity index (χ4n) is 4.35. The van der Waals surface area contributed by atoms with Gasteiger partial charge in [-0.3, -0.25) is 14.5 Å². The normalized spacial score (nSPS) is 17.4. The Morgan fingerprint density at radius 2 is 1.78 bits per heavy atom. The van der Waals surface area contributed by atoms with E-state index in [1.807, 2.05) is 0 Å². The fourth-order valence-corrected chi connectivity index (χ4v) is 4.35. The van der Waals surface area contributed by atoms with E-state index in [0.717, 1.165) is 18.6 Å². The highest BCUT2D eigenvalue weighted by Crippen LogP contribution is 2.50. The van der Waals surface area contributed by atoms with E-state index in [1.165, 1.54) is 11.0 Å². The van der Waals surface area contributed by atoms with E-state index in [-0.39, 0.29) is 23.8 Å². The minimum atomic E-state index is -4.74. The second-order valence-corrected chi connectivity index (χ2v) is 7.93. The van der Waals surface area contributed by atoms with Gasteiger partial charge in [-0.15, -0.1) is 0 Å². The average Bonchev–Trinajstić information content (AvgIpc) is 2.94. The number of halogens is 3. The van der Waals surface area contributed by atoms with Crippen molar-refractivity contribution in [3.8, 4) is 6.07 Å². The summed E-state index contributed by atoms with van der Waals surface area (Å²) in [5.41, 5.74) is 4.05. The molecular weight excluding hydrogens is 421 g/mol. The first-order valence-electron chi connectivity index (χ1n) is 9.91. The van der Waals surface area contributed by atoms with Crippen molar-refractivity contribution in [3.63, 3.8) is 0 Å². The fraction of sp³-hybridized carbons (Fsp3) is 0.261. The van der Waals surface area contributed by atoms with E-state index in [0.29, 0.717) is 24.1 Å². The lowest BCUT2D eigenvalue weighted by Gasteiger charge is -2.43. The Labute approximate surface area is 182 Å². The zero-order chi connectivity index (χ0) is 23.3. The molecule has 1 saturated carbocycles. The Hall–Kier alpha value is -3.80.